The number of aromatic nitrogens is 6. The van der Waals surface area contributed by atoms with Crippen LogP contribution in [0.5, 0.6) is 0 Å². The second-order valence-corrected chi connectivity index (χ2v) is 16.2. The Kier molecular flexibility index (Phi) is 8.53. The largest absolute Gasteiger partial charge is 0.456 e. The topological polar surface area (TPSA) is 90.5 Å². The zero-order valence-corrected chi connectivity index (χ0v) is 33.8. The Morgan fingerprint density at radius 2 is 0.710 bits per heavy atom. The van der Waals surface area contributed by atoms with Gasteiger partial charge in [0.05, 0.1) is 0 Å². The van der Waals surface area contributed by atoms with Crippen LogP contribution in [0.1, 0.15) is 0 Å². The van der Waals surface area contributed by atoms with Crippen molar-refractivity contribution < 1.29 is 4.42 Å². The zero-order valence-electron chi connectivity index (χ0n) is 33.0. The highest BCUT2D eigenvalue weighted by molar-refractivity contribution is 7.25. The van der Waals surface area contributed by atoms with Crippen LogP contribution in [0.25, 0.3) is 122 Å². The van der Waals surface area contributed by atoms with Crippen LogP contribution in [0.15, 0.2) is 199 Å². The quantitative estimate of drug-likeness (QED) is 0.158. The van der Waals surface area contributed by atoms with Crippen molar-refractivity contribution in [3.8, 4) is 79.5 Å². The molecule has 0 amide bonds. The highest BCUT2D eigenvalue weighted by Gasteiger charge is 2.19. The first kappa shape index (κ1) is 35.7. The third kappa shape index (κ3) is 6.38. The number of thiophene rings is 1. The van der Waals surface area contributed by atoms with Gasteiger partial charge in [0, 0.05) is 64.3 Å². The molecule has 0 saturated heterocycles. The standard InChI is InChI=1S/C54H32N6OS/c1-5-14-33(15-6-1)49-55-50(34-16-7-2-8-17-34)58-53(57-49)39-25-28-41-40-27-24-38(31-46(40)62-47(41)32-39)37-26-29-44-43(30-37)48-42(22-13-23-45(48)61-44)54-59-51(35-18-9-3-10-19-35)56-52(60-54)36-20-11-4-12-21-36/h1-32H. The van der Waals surface area contributed by atoms with Crippen molar-refractivity contribution in [3.63, 3.8) is 0 Å². The molecular weight excluding hydrogens is 781 g/mol. The molecule has 0 spiro atoms. The summed E-state index contributed by atoms with van der Waals surface area (Å²) >= 11 is 1.77. The molecule has 0 fully saturated rings. The van der Waals surface area contributed by atoms with E-state index in [0.717, 1.165) is 66.4 Å². The molecule has 0 bridgehead atoms. The number of hydrogen-bond donors (Lipinski definition) is 0. The highest BCUT2D eigenvalue weighted by atomic mass is 32.1. The molecule has 8 heteroatoms. The fourth-order valence-corrected chi connectivity index (χ4v) is 9.34. The molecule has 12 rings (SSSR count). The van der Waals surface area contributed by atoms with Crippen molar-refractivity contribution in [2.45, 2.75) is 0 Å². The van der Waals surface area contributed by atoms with Gasteiger partial charge in [0.1, 0.15) is 11.2 Å². The summed E-state index contributed by atoms with van der Waals surface area (Å²) in [6.07, 6.45) is 0. The summed E-state index contributed by atoms with van der Waals surface area (Å²) in [5.74, 6) is 3.76. The van der Waals surface area contributed by atoms with E-state index in [4.69, 9.17) is 34.3 Å². The van der Waals surface area contributed by atoms with Gasteiger partial charge < -0.3 is 4.42 Å². The van der Waals surface area contributed by atoms with Gasteiger partial charge in [-0.25, -0.2) is 29.9 Å². The fourth-order valence-electron chi connectivity index (χ4n) is 8.16. The van der Waals surface area contributed by atoms with Gasteiger partial charge in [-0.05, 0) is 41.5 Å². The van der Waals surface area contributed by atoms with Gasteiger partial charge in [0.25, 0.3) is 0 Å². The van der Waals surface area contributed by atoms with Gasteiger partial charge in [-0.3, -0.25) is 0 Å². The first-order chi connectivity index (χ1) is 30.7. The number of fused-ring (bicyclic) bond motifs is 6. The first-order valence-corrected chi connectivity index (χ1v) is 21.2. The van der Waals surface area contributed by atoms with E-state index < -0.39 is 0 Å². The van der Waals surface area contributed by atoms with Crippen molar-refractivity contribution in [2.75, 3.05) is 0 Å². The number of benzene rings is 8. The second-order valence-electron chi connectivity index (χ2n) is 15.1. The molecule has 0 aliphatic heterocycles. The van der Waals surface area contributed by atoms with Crippen molar-refractivity contribution in [1.29, 1.82) is 0 Å². The van der Waals surface area contributed by atoms with Crippen molar-refractivity contribution >= 4 is 53.4 Å². The maximum Gasteiger partial charge on any atom is 0.164 e. The molecule has 4 heterocycles. The molecule has 12 aromatic rings. The highest BCUT2D eigenvalue weighted by Crippen LogP contribution is 2.41. The van der Waals surface area contributed by atoms with Crippen LogP contribution >= 0.6 is 11.3 Å². The smallest absolute Gasteiger partial charge is 0.164 e. The second kappa shape index (κ2) is 14.8. The van der Waals surface area contributed by atoms with E-state index in [1.54, 1.807) is 11.3 Å². The molecular formula is C54H32N6OS. The predicted molar refractivity (Wildman–Crippen MR) is 251 cm³/mol. The van der Waals surface area contributed by atoms with Crippen LogP contribution in [0.4, 0.5) is 0 Å². The Morgan fingerprint density at radius 3 is 1.23 bits per heavy atom. The van der Waals surface area contributed by atoms with Crippen LogP contribution < -0.4 is 0 Å². The fraction of sp³-hybridized carbons (Fsp3) is 0. The minimum absolute atomic E-state index is 0.590. The molecule has 0 unspecified atom stereocenters. The summed E-state index contributed by atoms with van der Waals surface area (Å²) in [6.45, 7) is 0. The summed E-state index contributed by atoms with van der Waals surface area (Å²) in [7, 11) is 0. The van der Waals surface area contributed by atoms with Crippen LogP contribution in [-0.2, 0) is 0 Å². The average molecular weight is 813 g/mol. The lowest BCUT2D eigenvalue weighted by atomic mass is 9.99. The average Bonchev–Trinajstić information content (AvgIpc) is 3.92. The lowest BCUT2D eigenvalue weighted by Crippen LogP contribution is -2.00. The number of nitrogens with zero attached hydrogens (tertiary/aromatic N) is 6. The molecule has 0 saturated carbocycles. The molecule has 290 valence electrons. The van der Waals surface area contributed by atoms with Crippen LogP contribution in [-0.4, -0.2) is 29.9 Å². The third-order valence-corrected chi connectivity index (χ3v) is 12.3. The van der Waals surface area contributed by atoms with Gasteiger partial charge in [-0.2, -0.15) is 0 Å². The summed E-state index contributed by atoms with van der Waals surface area (Å²) in [6, 6.07) is 66.0. The van der Waals surface area contributed by atoms with E-state index in [-0.39, 0.29) is 0 Å². The van der Waals surface area contributed by atoms with E-state index in [0.29, 0.717) is 34.9 Å². The van der Waals surface area contributed by atoms with Gasteiger partial charge in [0.15, 0.2) is 34.9 Å². The number of furan rings is 1. The van der Waals surface area contributed by atoms with E-state index in [1.165, 1.54) is 20.2 Å². The Bertz CT molecular complexity index is 3510. The summed E-state index contributed by atoms with van der Waals surface area (Å²) in [5, 5.41) is 4.37. The first-order valence-electron chi connectivity index (χ1n) is 20.4. The van der Waals surface area contributed by atoms with Gasteiger partial charge in [-0.1, -0.05) is 164 Å². The predicted octanol–water partition coefficient (Wildman–Crippen LogP) is 14.0. The molecule has 0 atom stereocenters. The third-order valence-electron chi connectivity index (χ3n) is 11.2. The summed E-state index contributed by atoms with van der Waals surface area (Å²) in [5.41, 5.74) is 9.36. The van der Waals surface area contributed by atoms with Gasteiger partial charge in [-0.15, -0.1) is 11.3 Å². The summed E-state index contributed by atoms with van der Waals surface area (Å²) < 4.78 is 8.84. The molecule has 62 heavy (non-hydrogen) atoms. The normalized spacial score (nSPS) is 11.5. The Balaban J connectivity index is 0.950. The van der Waals surface area contributed by atoms with Gasteiger partial charge in [0.2, 0.25) is 0 Å². The Labute approximate surface area is 359 Å². The maximum absolute atomic E-state index is 6.47. The monoisotopic (exact) mass is 812 g/mol. The molecule has 8 aromatic carbocycles. The lowest BCUT2D eigenvalue weighted by molar-refractivity contribution is 0.669. The summed E-state index contributed by atoms with van der Waals surface area (Å²) in [4.78, 5) is 29.9. The Hall–Kier alpha value is -8.20. The molecule has 0 aliphatic rings. The molecule has 0 radical (unpaired) electrons. The van der Waals surface area contributed by atoms with Crippen LogP contribution in [0.2, 0.25) is 0 Å². The molecule has 4 aromatic heterocycles. The van der Waals surface area contributed by atoms with Gasteiger partial charge >= 0.3 is 0 Å². The van der Waals surface area contributed by atoms with Crippen molar-refractivity contribution in [2.24, 2.45) is 0 Å². The SMILES string of the molecule is c1ccc(-c2nc(-c3ccccc3)nc(-c3ccc4c(c3)sc3cc(-c5ccc6oc7cccc(-c8nc(-c9ccccc9)nc(-c9ccccc9)n8)c7c6c5)ccc34)n2)cc1. The van der Waals surface area contributed by atoms with E-state index in [9.17, 15) is 0 Å². The molecule has 7 nitrogen and oxygen atoms in total. The van der Waals surface area contributed by atoms with Crippen LogP contribution in [0.3, 0.4) is 0 Å². The lowest BCUT2D eigenvalue weighted by Gasteiger charge is -2.09. The van der Waals surface area contributed by atoms with Crippen molar-refractivity contribution in [3.05, 3.63) is 194 Å². The number of hydrogen-bond acceptors (Lipinski definition) is 8. The number of rotatable bonds is 7. The van der Waals surface area contributed by atoms with E-state index in [2.05, 4.69) is 60.7 Å². The minimum Gasteiger partial charge on any atom is -0.456 e. The van der Waals surface area contributed by atoms with E-state index in [1.807, 2.05) is 133 Å². The maximum atomic E-state index is 6.47. The minimum atomic E-state index is 0.590. The molecule has 0 N–H and O–H groups in total. The van der Waals surface area contributed by atoms with E-state index >= 15 is 0 Å². The van der Waals surface area contributed by atoms with Crippen LogP contribution in [0, 0.1) is 0 Å². The van der Waals surface area contributed by atoms with Crippen molar-refractivity contribution in [1.82, 2.24) is 29.9 Å². The molecule has 0 aliphatic carbocycles. The Morgan fingerprint density at radius 1 is 0.290 bits per heavy atom. The zero-order chi connectivity index (χ0) is 41.0.